The summed E-state index contributed by atoms with van der Waals surface area (Å²) in [4.78, 5) is 4.91. The van der Waals surface area contributed by atoms with Gasteiger partial charge in [-0.1, -0.05) is 164 Å². The topological polar surface area (TPSA) is 26.0 Å². The number of fused-ring (bicyclic) bond motifs is 5. The van der Waals surface area contributed by atoms with Crippen molar-refractivity contribution in [1.82, 2.24) is 4.98 Å². The smallest absolute Gasteiger partial charge is 0.161 e. The van der Waals surface area contributed by atoms with Crippen LogP contribution in [0.3, 0.4) is 0 Å². The summed E-state index contributed by atoms with van der Waals surface area (Å²) in [5.41, 5.74) is 13.2. The van der Waals surface area contributed by atoms with Crippen LogP contribution < -0.4 is 0 Å². The van der Waals surface area contributed by atoms with Crippen molar-refractivity contribution in [3.8, 4) is 55.8 Å². The Morgan fingerprint density at radius 2 is 0.765 bits per heavy atom. The number of furan rings is 1. The number of aromatic nitrogens is 1. The molecular formula is C49H31NO. The highest BCUT2D eigenvalue weighted by atomic mass is 16.3. The summed E-state index contributed by atoms with van der Waals surface area (Å²) in [6.07, 6.45) is 1.90. The molecule has 0 aliphatic carbocycles. The Morgan fingerprint density at radius 3 is 1.37 bits per heavy atom. The fourth-order valence-corrected chi connectivity index (χ4v) is 7.72. The molecule has 2 heterocycles. The van der Waals surface area contributed by atoms with Crippen LogP contribution in [0, 0.1) is 0 Å². The van der Waals surface area contributed by atoms with Crippen molar-refractivity contribution >= 4 is 43.5 Å². The molecule has 2 nitrogen and oxygen atoms in total. The van der Waals surface area contributed by atoms with Crippen molar-refractivity contribution in [3.05, 3.63) is 188 Å². The molecule has 0 amide bonds. The SMILES string of the molecule is c1ccc(-c2ccc(-c3c4ccccc4c(-c4ccc(-c5ccccc5)cc4)c4cc(-c5nccc6c5oc5ccccc56)ccc34)cc2)cc1. The summed E-state index contributed by atoms with van der Waals surface area (Å²) in [6, 6.07) is 65.1. The van der Waals surface area contributed by atoms with E-state index in [1.165, 1.54) is 66.1 Å². The molecule has 0 aliphatic rings. The van der Waals surface area contributed by atoms with Gasteiger partial charge in [0.05, 0.1) is 0 Å². The molecule has 0 saturated heterocycles. The van der Waals surface area contributed by atoms with E-state index in [2.05, 4.69) is 170 Å². The highest BCUT2D eigenvalue weighted by Gasteiger charge is 2.20. The fraction of sp³-hybridized carbons (Fsp3) is 0. The first-order valence-electron chi connectivity index (χ1n) is 17.4. The first-order chi connectivity index (χ1) is 25.3. The quantitative estimate of drug-likeness (QED) is 0.173. The van der Waals surface area contributed by atoms with Crippen LogP contribution in [-0.4, -0.2) is 4.98 Å². The molecule has 2 aromatic heterocycles. The maximum absolute atomic E-state index is 6.47. The number of nitrogens with zero attached hydrogens (tertiary/aromatic N) is 1. The van der Waals surface area contributed by atoms with Gasteiger partial charge in [-0.2, -0.15) is 0 Å². The van der Waals surface area contributed by atoms with E-state index in [0.29, 0.717) is 0 Å². The Hall–Kier alpha value is -6.77. The summed E-state index contributed by atoms with van der Waals surface area (Å²) in [5.74, 6) is 0. The van der Waals surface area contributed by atoms with Gasteiger partial charge in [-0.15, -0.1) is 0 Å². The van der Waals surface area contributed by atoms with Crippen LogP contribution in [0.4, 0.5) is 0 Å². The molecule has 0 spiro atoms. The van der Waals surface area contributed by atoms with Gasteiger partial charge in [-0.3, -0.25) is 4.98 Å². The van der Waals surface area contributed by atoms with Gasteiger partial charge >= 0.3 is 0 Å². The van der Waals surface area contributed by atoms with Crippen LogP contribution in [0.15, 0.2) is 193 Å². The maximum atomic E-state index is 6.47. The molecule has 0 fully saturated rings. The van der Waals surface area contributed by atoms with E-state index < -0.39 is 0 Å². The number of pyridine rings is 1. The summed E-state index contributed by atoms with van der Waals surface area (Å²) in [6.45, 7) is 0. The van der Waals surface area contributed by atoms with E-state index in [-0.39, 0.29) is 0 Å². The lowest BCUT2D eigenvalue weighted by Crippen LogP contribution is -1.93. The summed E-state index contributed by atoms with van der Waals surface area (Å²) in [5, 5.41) is 6.99. The molecule has 0 radical (unpaired) electrons. The second kappa shape index (κ2) is 12.0. The van der Waals surface area contributed by atoms with E-state index in [1.807, 2.05) is 18.3 Å². The number of benzene rings is 8. The normalized spacial score (nSPS) is 11.5. The zero-order chi connectivity index (χ0) is 33.7. The van der Waals surface area contributed by atoms with Crippen LogP contribution >= 0.6 is 0 Å². The third kappa shape index (κ3) is 4.92. The van der Waals surface area contributed by atoms with Crippen LogP contribution in [0.25, 0.3) is 99.2 Å². The standard InChI is InChI=1S/C49H31NO/c1-3-11-32(12-4-1)34-19-23-36(24-20-34)46-40-16-7-8-17-41(40)47(37-25-21-35(22-26-37)33-13-5-2-6-14-33)44-31-38(27-28-42(44)46)48-49-43(29-30-50-48)39-15-9-10-18-45(39)51-49/h1-31H. The minimum Gasteiger partial charge on any atom is -0.454 e. The van der Waals surface area contributed by atoms with Gasteiger partial charge in [0, 0.05) is 22.5 Å². The Kier molecular flexibility index (Phi) is 6.85. The van der Waals surface area contributed by atoms with Crippen molar-refractivity contribution in [2.45, 2.75) is 0 Å². The highest BCUT2D eigenvalue weighted by molar-refractivity contribution is 6.22. The second-order valence-corrected chi connectivity index (χ2v) is 13.1. The van der Waals surface area contributed by atoms with Crippen molar-refractivity contribution in [3.63, 3.8) is 0 Å². The molecule has 8 aromatic carbocycles. The average Bonchev–Trinajstić information content (AvgIpc) is 3.60. The monoisotopic (exact) mass is 649 g/mol. The third-order valence-corrected chi connectivity index (χ3v) is 10.2. The van der Waals surface area contributed by atoms with Gasteiger partial charge in [0.15, 0.2) is 5.58 Å². The maximum Gasteiger partial charge on any atom is 0.161 e. The molecule has 0 saturated carbocycles. The van der Waals surface area contributed by atoms with Gasteiger partial charge in [0.1, 0.15) is 11.3 Å². The van der Waals surface area contributed by atoms with E-state index >= 15 is 0 Å². The van der Waals surface area contributed by atoms with Gasteiger partial charge in [0.25, 0.3) is 0 Å². The Bertz CT molecular complexity index is 2870. The van der Waals surface area contributed by atoms with Crippen molar-refractivity contribution in [2.75, 3.05) is 0 Å². The van der Waals surface area contributed by atoms with Crippen molar-refractivity contribution in [1.29, 1.82) is 0 Å². The molecule has 0 bridgehead atoms. The number of para-hydroxylation sites is 1. The van der Waals surface area contributed by atoms with E-state index in [4.69, 9.17) is 9.40 Å². The summed E-state index contributed by atoms with van der Waals surface area (Å²) >= 11 is 0. The Labute approximate surface area is 295 Å². The predicted molar refractivity (Wildman–Crippen MR) is 214 cm³/mol. The molecule has 10 rings (SSSR count). The number of hydrogen-bond acceptors (Lipinski definition) is 2. The van der Waals surface area contributed by atoms with E-state index in [0.717, 1.165) is 33.2 Å². The molecule has 0 unspecified atom stereocenters. The molecule has 51 heavy (non-hydrogen) atoms. The largest absolute Gasteiger partial charge is 0.454 e. The van der Waals surface area contributed by atoms with Crippen molar-refractivity contribution < 1.29 is 4.42 Å². The fourth-order valence-electron chi connectivity index (χ4n) is 7.72. The minimum absolute atomic E-state index is 0.810. The molecule has 238 valence electrons. The minimum atomic E-state index is 0.810. The van der Waals surface area contributed by atoms with Gasteiger partial charge in [0.2, 0.25) is 0 Å². The zero-order valence-electron chi connectivity index (χ0n) is 27.8. The lowest BCUT2D eigenvalue weighted by Gasteiger charge is -2.19. The van der Waals surface area contributed by atoms with Crippen LogP contribution in [0.2, 0.25) is 0 Å². The van der Waals surface area contributed by atoms with Crippen LogP contribution in [-0.2, 0) is 0 Å². The molecule has 0 N–H and O–H groups in total. The van der Waals surface area contributed by atoms with Gasteiger partial charge in [-0.05, 0) is 84.3 Å². The zero-order valence-corrected chi connectivity index (χ0v) is 27.8. The average molecular weight is 650 g/mol. The molecule has 2 heteroatoms. The Morgan fingerprint density at radius 1 is 0.314 bits per heavy atom. The Balaban J connectivity index is 1.24. The van der Waals surface area contributed by atoms with Crippen LogP contribution in [0.1, 0.15) is 0 Å². The van der Waals surface area contributed by atoms with E-state index in [9.17, 15) is 0 Å². The number of rotatable bonds is 5. The van der Waals surface area contributed by atoms with E-state index in [1.54, 1.807) is 0 Å². The third-order valence-electron chi connectivity index (χ3n) is 10.2. The van der Waals surface area contributed by atoms with Crippen molar-refractivity contribution in [2.24, 2.45) is 0 Å². The lowest BCUT2D eigenvalue weighted by atomic mass is 9.84. The van der Waals surface area contributed by atoms with Gasteiger partial charge < -0.3 is 4.42 Å². The first kappa shape index (κ1) is 29.2. The molecule has 0 atom stereocenters. The predicted octanol–water partition coefficient (Wildman–Crippen LogP) is 13.6. The summed E-state index contributed by atoms with van der Waals surface area (Å²) < 4.78 is 6.47. The molecule has 10 aromatic rings. The highest BCUT2D eigenvalue weighted by Crippen LogP contribution is 2.46. The first-order valence-corrected chi connectivity index (χ1v) is 17.4. The number of hydrogen-bond donors (Lipinski definition) is 0. The summed E-state index contributed by atoms with van der Waals surface area (Å²) in [7, 11) is 0. The lowest BCUT2D eigenvalue weighted by molar-refractivity contribution is 0.668. The molecular weight excluding hydrogens is 619 g/mol. The van der Waals surface area contributed by atoms with Gasteiger partial charge in [-0.25, -0.2) is 0 Å². The second-order valence-electron chi connectivity index (χ2n) is 13.1. The van der Waals surface area contributed by atoms with Crippen LogP contribution in [0.5, 0.6) is 0 Å². The molecule has 0 aliphatic heterocycles.